The number of nitrogens with one attached hydrogen (secondary N) is 1. The van der Waals surface area contributed by atoms with E-state index in [0.717, 1.165) is 25.9 Å². The van der Waals surface area contributed by atoms with Crippen LogP contribution in [-0.4, -0.2) is 25.2 Å². The SMILES string of the molecule is CC.CC(NC=O)C1CCCO1. The van der Waals surface area contributed by atoms with Gasteiger partial charge in [0, 0.05) is 6.61 Å². The Balaban J connectivity index is 0.000000561. The fourth-order valence-corrected chi connectivity index (χ4v) is 1.21. The fraction of sp³-hybridized carbons (Fsp3) is 0.889. The second-order valence-electron chi connectivity index (χ2n) is 2.62. The summed E-state index contributed by atoms with van der Waals surface area (Å²) in [6.45, 7) is 6.81. The molecule has 0 aromatic rings. The van der Waals surface area contributed by atoms with Crippen molar-refractivity contribution in [1.29, 1.82) is 0 Å². The van der Waals surface area contributed by atoms with Crippen molar-refractivity contribution in [3.63, 3.8) is 0 Å². The van der Waals surface area contributed by atoms with E-state index in [4.69, 9.17) is 4.74 Å². The van der Waals surface area contributed by atoms with E-state index in [1.807, 2.05) is 20.8 Å². The van der Waals surface area contributed by atoms with E-state index in [1.54, 1.807) is 0 Å². The van der Waals surface area contributed by atoms with E-state index >= 15 is 0 Å². The lowest BCUT2D eigenvalue weighted by Crippen LogP contribution is -2.35. The smallest absolute Gasteiger partial charge is 0.207 e. The number of carbonyl (C=O) groups excluding carboxylic acids is 1. The Morgan fingerprint density at radius 3 is 2.67 bits per heavy atom. The highest BCUT2D eigenvalue weighted by molar-refractivity contribution is 5.46. The maximum atomic E-state index is 10.0. The third kappa shape index (κ3) is 3.72. The summed E-state index contributed by atoms with van der Waals surface area (Å²) in [6.07, 6.45) is 3.16. The van der Waals surface area contributed by atoms with Crippen LogP contribution in [0, 0.1) is 0 Å². The van der Waals surface area contributed by atoms with E-state index < -0.39 is 0 Å². The minimum absolute atomic E-state index is 0.167. The molecular formula is C9H19NO2. The summed E-state index contributed by atoms with van der Waals surface area (Å²) in [7, 11) is 0. The molecule has 1 aliphatic heterocycles. The first-order chi connectivity index (χ1) is 5.84. The van der Waals surface area contributed by atoms with E-state index in [0.29, 0.717) is 0 Å². The number of hydrogen-bond acceptors (Lipinski definition) is 2. The molecule has 1 amide bonds. The van der Waals surface area contributed by atoms with E-state index in [2.05, 4.69) is 5.32 Å². The molecule has 0 radical (unpaired) electrons. The highest BCUT2D eigenvalue weighted by atomic mass is 16.5. The molecule has 1 fully saturated rings. The third-order valence-electron chi connectivity index (χ3n) is 1.85. The Kier molecular flexibility index (Phi) is 6.76. The molecule has 3 nitrogen and oxygen atoms in total. The van der Waals surface area contributed by atoms with Crippen LogP contribution in [0.2, 0.25) is 0 Å². The van der Waals surface area contributed by atoms with Crippen LogP contribution >= 0.6 is 0 Å². The number of hydrogen-bond donors (Lipinski definition) is 1. The van der Waals surface area contributed by atoms with Crippen LogP contribution in [0.5, 0.6) is 0 Å². The molecule has 3 heteroatoms. The Morgan fingerprint density at radius 2 is 2.25 bits per heavy atom. The van der Waals surface area contributed by atoms with Gasteiger partial charge in [0.25, 0.3) is 0 Å². The second-order valence-corrected chi connectivity index (χ2v) is 2.62. The van der Waals surface area contributed by atoms with Gasteiger partial charge in [-0.25, -0.2) is 0 Å². The maximum absolute atomic E-state index is 10.0. The zero-order valence-electron chi connectivity index (χ0n) is 8.17. The lowest BCUT2D eigenvalue weighted by molar-refractivity contribution is -0.110. The highest BCUT2D eigenvalue weighted by Gasteiger charge is 2.21. The van der Waals surface area contributed by atoms with Crippen LogP contribution in [0.25, 0.3) is 0 Å². The first-order valence-electron chi connectivity index (χ1n) is 4.66. The lowest BCUT2D eigenvalue weighted by Gasteiger charge is -2.16. The van der Waals surface area contributed by atoms with E-state index in [1.165, 1.54) is 0 Å². The predicted octanol–water partition coefficient (Wildman–Crippen LogP) is 1.33. The van der Waals surface area contributed by atoms with Crippen molar-refractivity contribution in [2.24, 2.45) is 0 Å². The number of carbonyl (C=O) groups is 1. The molecule has 0 spiro atoms. The molecule has 1 heterocycles. The molecule has 1 aliphatic rings. The Morgan fingerprint density at radius 1 is 1.58 bits per heavy atom. The average molecular weight is 173 g/mol. The van der Waals surface area contributed by atoms with Crippen molar-refractivity contribution < 1.29 is 9.53 Å². The van der Waals surface area contributed by atoms with Crippen LogP contribution in [-0.2, 0) is 9.53 Å². The van der Waals surface area contributed by atoms with Gasteiger partial charge < -0.3 is 10.1 Å². The third-order valence-corrected chi connectivity index (χ3v) is 1.85. The minimum Gasteiger partial charge on any atom is -0.376 e. The first kappa shape index (κ1) is 11.4. The molecule has 0 saturated carbocycles. The van der Waals surface area contributed by atoms with Gasteiger partial charge in [-0.1, -0.05) is 13.8 Å². The largest absolute Gasteiger partial charge is 0.376 e. The lowest BCUT2D eigenvalue weighted by atomic mass is 10.1. The quantitative estimate of drug-likeness (QED) is 0.654. The summed E-state index contributed by atoms with van der Waals surface area (Å²) >= 11 is 0. The van der Waals surface area contributed by atoms with Crippen molar-refractivity contribution in [3.05, 3.63) is 0 Å². The average Bonchev–Trinajstić information content (AvgIpc) is 2.60. The summed E-state index contributed by atoms with van der Waals surface area (Å²) in [5, 5.41) is 2.68. The Labute approximate surface area is 74.5 Å². The summed E-state index contributed by atoms with van der Waals surface area (Å²) < 4.78 is 5.35. The number of ether oxygens (including phenoxy) is 1. The van der Waals surface area contributed by atoms with Crippen LogP contribution in [0.4, 0.5) is 0 Å². The van der Waals surface area contributed by atoms with Gasteiger partial charge >= 0.3 is 0 Å². The maximum Gasteiger partial charge on any atom is 0.207 e. The summed E-state index contributed by atoms with van der Waals surface area (Å²) in [5.74, 6) is 0. The molecule has 0 bridgehead atoms. The second kappa shape index (κ2) is 7.10. The molecule has 0 aromatic heterocycles. The van der Waals surface area contributed by atoms with Crippen molar-refractivity contribution >= 4 is 6.41 Å². The van der Waals surface area contributed by atoms with Crippen LogP contribution in [0.3, 0.4) is 0 Å². The Bertz CT molecular complexity index is 111. The van der Waals surface area contributed by atoms with Crippen LogP contribution in [0.15, 0.2) is 0 Å². The van der Waals surface area contributed by atoms with Gasteiger partial charge in [-0.15, -0.1) is 0 Å². The van der Waals surface area contributed by atoms with Gasteiger partial charge in [-0.3, -0.25) is 4.79 Å². The zero-order valence-corrected chi connectivity index (χ0v) is 8.17. The van der Waals surface area contributed by atoms with Crippen molar-refractivity contribution in [3.8, 4) is 0 Å². The van der Waals surface area contributed by atoms with Crippen molar-refractivity contribution in [2.45, 2.75) is 45.8 Å². The van der Waals surface area contributed by atoms with Gasteiger partial charge in [0.15, 0.2) is 0 Å². The minimum atomic E-state index is 0.167. The van der Waals surface area contributed by atoms with E-state index in [9.17, 15) is 4.79 Å². The molecule has 2 unspecified atom stereocenters. The van der Waals surface area contributed by atoms with Gasteiger partial charge in [0.2, 0.25) is 6.41 Å². The molecule has 1 N–H and O–H groups in total. The van der Waals surface area contributed by atoms with Gasteiger partial charge in [0.05, 0.1) is 12.1 Å². The number of amides is 1. The molecule has 0 aliphatic carbocycles. The summed E-state index contributed by atoms with van der Waals surface area (Å²) in [5.41, 5.74) is 0. The van der Waals surface area contributed by atoms with Crippen molar-refractivity contribution in [2.75, 3.05) is 6.61 Å². The fourth-order valence-electron chi connectivity index (χ4n) is 1.21. The summed E-state index contributed by atoms with van der Waals surface area (Å²) in [4.78, 5) is 10.0. The first-order valence-corrected chi connectivity index (χ1v) is 4.66. The molecule has 12 heavy (non-hydrogen) atoms. The molecule has 2 atom stereocenters. The standard InChI is InChI=1S/C7H13NO2.C2H6/c1-6(8-5-9)7-3-2-4-10-7;1-2/h5-7H,2-4H2,1H3,(H,8,9);1-2H3. The van der Waals surface area contributed by atoms with Gasteiger partial charge in [0.1, 0.15) is 0 Å². The van der Waals surface area contributed by atoms with Crippen LogP contribution < -0.4 is 5.32 Å². The monoisotopic (exact) mass is 173 g/mol. The molecule has 72 valence electrons. The highest BCUT2D eigenvalue weighted by Crippen LogP contribution is 2.14. The molecule has 1 rings (SSSR count). The predicted molar refractivity (Wildman–Crippen MR) is 49.0 cm³/mol. The molecule has 1 saturated heterocycles. The molecule has 0 aromatic carbocycles. The van der Waals surface area contributed by atoms with E-state index in [-0.39, 0.29) is 12.1 Å². The normalized spacial score (nSPS) is 23.8. The van der Waals surface area contributed by atoms with Crippen LogP contribution in [0.1, 0.15) is 33.6 Å². The Hall–Kier alpha value is -0.570. The van der Waals surface area contributed by atoms with Crippen molar-refractivity contribution in [1.82, 2.24) is 5.32 Å². The topological polar surface area (TPSA) is 38.3 Å². The molecular weight excluding hydrogens is 154 g/mol. The van der Waals surface area contributed by atoms with Gasteiger partial charge in [-0.05, 0) is 19.8 Å². The van der Waals surface area contributed by atoms with Gasteiger partial charge in [-0.2, -0.15) is 0 Å². The zero-order chi connectivity index (χ0) is 9.40. The number of rotatable bonds is 3. The summed E-state index contributed by atoms with van der Waals surface area (Å²) in [6, 6.07) is 0.167.